The molecule has 1 rings (SSSR count). The number of nitrogens with zero attached hydrogens (tertiary/aromatic N) is 1. The summed E-state index contributed by atoms with van der Waals surface area (Å²) < 4.78 is 0. The third kappa shape index (κ3) is 3.52. The van der Waals surface area contributed by atoms with Crippen molar-refractivity contribution in [1.29, 1.82) is 0 Å². The number of rotatable bonds is 3. The summed E-state index contributed by atoms with van der Waals surface area (Å²) >= 11 is 0. The van der Waals surface area contributed by atoms with Crippen molar-refractivity contribution in [2.75, 3.05) is 26.7 Å². The predicted molar refractivity (Wildman–Crippen MR) is 50.2 cm³/mol. The van der Waals surface area contributed by atoms with Gasteiger partial charge in [-0.05, 0) is 26.8 Å². The second kappa shape index (κ2) is 4.80. The summed E-state index contributed by atoms with van der Waals surface area (Å²) in [6, 6.07) is 0.582. The maximum absolute atomic E-state index is 9.11. The quantitative estimate of drug-likeness (QED) is 0.631. The predicted octanol–water partition coefficient (Wildman–Crippen LogP) is 0.0510. The number of hydrogen-bond donors (Lipinski definition) is 2. The van der Waals surface area contributed by atoms with Gasteiger partial charge in [-0.25, -0.2) is 0 Å². The van der Waals surface area contributed by atoms with Crippen molar-refractivity contribution < 1.29 is 5.11 Å². The van der Waals surface area contributed by atoms with E-state index in [1.54, 1.807) is 0 Å². The van der Waals surface area contributed by atoms with Crippen molar-refractivity contribution in [3.63, 3.8) is 0 Å². The summed E-state index contributed by atoms with van der Waals surface area (Å²) in [5.74, 6) is 0. The van der Waals surface area contributed by atoms with Crippen molar-refractivity contribution in [2.24, 2.45) is 0 Å². The third-order valence-electron chi connectivity index (χ3n) is 2.39. The molecule has 1 fully saturated rings. The second-order valence-corrected chi connectivity index (χ2v) is 3.84. The molecule has 0 saturated carbocycles. The minimum Gasteiger partial charge on any atom is -0.393 e. The zero-order valence-corrected chi connectivity index (χ0v) is 8.08. The third-order valence-corrected chi connectivity index (χ3v) is 2.39. The number of piperazine rings is 1. The van der Waals surface area contributed by atoms with Crippen LogP contribution in [0.4, 0.5) is 0 Å². The van der Waals surface area contributed by atoms with Gasteiger partial charge in [0.25, 0.3) is 0 Å². The SMILES string of the molecule is CC(O)CCC1CN(C)CCN1. The van der Waals surface area contributed by atoms with E-state index in [1.807, 2.05) is 6.92 Å². The van der Waals surface area contributed by atoms with E-state index in [4.69, 9.17) is 5.11 Å². The van der Waals surface area contributed by atoms with Crippen LogP contribution in [0.5, 0.6) is 0 Å². The fraction of sp³-hybridized carbons (Fsp3) is 1.00. The van der Waals surface area contributed by atoms with E-state index in [0.717, 1.165) is 32.5 Å². The number of nitrogens with one attached hydrogen (secondary N) is 1. The highest BCUT2D eigenvalue weighted by atomic mass is 16.3. The summed E-state index contributed by atoms with van der Waals surface area (Å²) in [6.07, 6.45) is 1.84. The normalized spacial score (nSPS) is 28.8. The Kier molecular flexibility index (Phi) is 3.98. The molecule has 1 aliphatic rings. The first-order chi connectivity index (χ1) is 5.68. The first-order valence-corrected chi connectivity index (χ1v) is 4.78. The summed E-state index contributed by atoms with van der Waals surface area (Å²) in [7, 11) is 2.15. The molecular formula is C9H20N2O. The lowest BCUT2D eigenvalue weighted by atomic mass is 10.1. The van der Waals surface area contributed by atoms with Crippen molar-refractivity contribution in [3.05, 3.63) is 0 Å². The molecular weight excluding hydrogens is 152 g/mol. The minimum absolute atomic E-state index is 0.154. The molecule has 1 saturated heterocycles. The number of likely N-dealkylation sites (N-methyl/N-ethyl adjacent to an activating group) is 1. The van der Waals surface area contributed by atoms with Gasteiger partial charge in [0.2, 0.25) is 0 Å². The molecule has 0 bridgehead atoms. The molecule has 12 heavy (non-hydrogen) atoms. The molecule has 72 valence electrons. The van der Waals surface area contributed by atoms with Gasteiger partial charge in [0, 0.05) is 25.7 Å². The van der Waals surface area contributed by atoms with Crippen LogP contribution in [0.1, 0.15) is 19.8 Å². The molecule has 2 unspecified atom stereocenters. The fourth-order valence-electron chi connectivity index (χ4n) is 1.63. The number of aliphatic hydroxyl groups is 1. The Morgan fingerprint density at radius 2 is 2.42 bits per heavy atom. The van der Waals surface area contributed by atoms with Gasteiger partial charge in [0.05, 0.1) is 6.10 Å². The van der Waals surface area contributed by atoms with Crippen LogP contribution in [-0.4, -0.2) is 48.8 Å². The molecule has 0 aromatic rings. The standard InChI is InChI=1S/C9H20N2O/c1-8(12)3-4-9-7-11(2)6-5-10-9/h8-10,12H,3-7H2,1-2H3. The maximum Gasteiger partial charge on any atom is 0.0512 e. The van der Waals surface area contributed by atoms with Crippen LogP contribution in [0.25, 0.3) is 0 Å². The molecule has 2 atom stereocenters. The van der Waals surface area contributed by atoms with Crippen molar-refractivity contribution in [2.45, 2.75) is 31.9 Å². The van der Waals surface area contributed by atoms with Gasteiger partial charge in [-0.3, -0.25) is 0 Å². The summed E-state index contributed by atoms with van der Waals surface area (Å²) in [6.45, 7) is 5.20. The average molecular weight is 172 g/mol. The van der Waals surface area contributed by atoms with Crippen LogP contribution < -0.4 is 5.32 Å². The largest absolute Gasteiger partial charge is 0.393 e. The Bertz CT molecular complexity index is 128. The lowest BCUT2D eigenvalue weighted by molar-refractivity contribution is 0.162. The Morgan fingerprint density at radius 3 is 3.00 bits per heavy atom. The molecule has 0 spiro atoms. The van der Waals surface area contributed by atoms with Crippen LogP contribution in [0, 0.1) is 0 Å². The molecule has 0 aliphatic carbocycles. The summed E-state index contributed by atoms with van der Waals surface area (Å²) in [4.78, 5) is 2.34. The van der Waals surface area contributed by atoms with E-state index >= 15 is 0 Å². The van der Waals surface area contributed by atoms with Gasteiger partial charge < -0.3 is 15.3 Å². The van der Waals surface area contributed by atoms with Crippen molar-refractivity contribution in [1.82, 2.24) is 10.2 Å². The molecule has 3 heteroatoms. The summed E-state index contributed by atoms with van der Waals surface area (Å²) in [5, 5.41) is 12.6. The van der Waals surface area contributed by atoms with Gasteiger partial charge in [0.1, 0.15) is 0 Å². The van der Waals surface area contributed by atoms with E-state index < -0.39 is 0 Å². The Hall–Kier alpha value is -0.120. The molecule has 1 aliphatic heterocycles. The van der Waals surface area contributed by atoms with Crippen molar-refractivity contribution in [3.8, 4) is 0 Å². The monoisotopic (exact) mass is 172 g/mol. The van der Waals surface area contributed by atoms with Crippen LogP contribution in [-0.2, 0) is 0 Å². The first kappa shape index (κ1) is 9.96. The van der Waals surface area contributed by atoms with Gasteiger partial charge in [-0.15, -0.1) is 0 Å². The van der Waals surface area contributed by atoms with Crippen LogP contribution in [0.3, 0.4) is 0 Å². The average Bonchev–Trinajstić information content (AvgIpc) is 2.01. The van der Waals surface area contributed by atoms with Crippen LogP contribution in [0.15, 0.2) is 0 Å². The zero-order valence-electron chi connectivity index (χ0n) is 8.08. The minimum atomic E-state index is -0.154. The van der Waals surface area contributed by atoms with Gasteiger partial charge in [-0.1, -0.05) is 0 Å². The van der Waals surface area contributed by atoms with Crippen molar-refractivity contribution >= 4 is 0 Å². The Balaban J connectivity index is 2.14. The fourth-order valence-corrected chi connectivity index (χ4v) is 1.63. The Labute approximate surface area is 74.8 Å². The van der Waals surface area contributed by atoms with E-state index in [0.29, 0.717) is 6.04 Å². The van der Waals surface area contributed by atoms with Gasteiger partial charge >= 0.3 is 0 Å². The number of aliphatic hydroxyl groups excluding tert-OH is 1. The highest BCUT2D eigenvalue weighted by molar-refractivity contribution is 4.76. The lowest BCUT2D eigenvalue weighted by Gasteiger charge is -2.31. The highest BCUT2D eigenvalue weighted by Crippen LogP contribution is 2.05. The van der Waals surface area contributed by atoms with Crippen LogP contribution >= 0.6 is 0 Å². The molecule has 3 nitrogen and oxygen atoms in total. The van der Waals surface area contributed by atoms with E-state index in [9.17, 15) is 0 Å². The first-order valence-electron chi connectivity index (χ1n) is 4.78. The van der Waals surface area contributed by atoms with Gasteiger partial charge in [-0.2, -0.15) is 0 Å². The molecule has 0 amide bonds. The molecule has 0 aromatic carbocycles. The van der Waals surface area contributed by atoms with E-state index in [2.05, 4.69) is 17.3 Å². The Morgan fingerprint density at radius 1 is 1.67 bits per heavy atom. The smallest absolute Gasteiger partial charge is 0.0512 e. The van der Waals surface area contributed by atoms with Gasteiger partial charge in [0.15, 0.2) is 0 Å². The maximum atomic E-state index is 9.11. The topological polar surface area (TPSA) is 35.5 Å². The van der Waals surface area contributed by atoms with E-state index in [1.165, 1.54) is 0 Å². The molecule has 0 aromatic heterocycles. The van der Waals surface area contributed by atoms with E-state index in [-0.39, 0.29) is 6.10 Å². The summed E-state index contributed by atoms with van der Waals surface area (Å²) in [5.41, 5.74) is 0. The molecule has 2 N–H and O–H groups in total. The van der Waals surface area contributed by atoms with Crippen LogP contribution in [0.2, 0.25) is 0 Å². The number of hydrogen-bond acceptors (Lipinski definition) is 3. The highest BCUT2D eigenvalue weighted by Gasteiger charge is 2.16. The zero-order chi connectivity index (χ0) is 8.97. The lowest BCUT2D eigenvalue weighted by Crippen LogP contribution is -2.49. The molecule has 0 radical (unpaired) electrons. The second-order valence-electron chi connectivity index (χ2n) is 3.84. The molecule has 1 heterocycles.